The van der Waals surface area contributed by atoms with Gasteiger partial charge in [0.25, 0.3) is 0 Å². The van der Waals surface area contributed by atoms with Gasteiger partial charge in [0.15, 0.2) is 0 Å². The van der Waals surface area contributed by atoms with Gasteiger partial charge in [0.2, 0.25) is 0 Å². The van der Waals surface area contributed by atoms with Crippen LogP contribution >= 0.6 is 0 Å². The minimum absolute atomic E-state index is 0.0273. The van der Waals surface area contributed by atoms with E-state index in [4.69, 9.17) is 14.0 Å². The summed E-state index contributed by atoms with van der Waals surface area (Å²) < 4.78 is 16.6. The molecule has 25 heavy (non-hydrogen) atoms. The first-order valence-electron chi connectivity index (χ1n) is 8.65. The highest BCUT2D eigenvalue weighted by Crippen LogP contribution is 2.33. The molecular weight excluding hydrogens is 318 g/mol. The molecule has 2 heterocycles. The summed E-state index contributed by atoms with van der Waals surface area (Å²) in [4.78, 5) is 2.33. The molecule has 1 saturated heterocycles. The molecule has 1 aliphatic heterocycles. The second-order valence-corrected chi connectivity index (χ2v) is 7.14. The molecule has 0 radical (unpaired) electrons. The molecule has 1 aromatic heterocycles. The van der Waals surface area contributed by atoms with Crippen LogP contribution in [-0.2, 0) is 4.74 Å². The van der Waals surface area contributed by atoms with E-state index in [-0.39, 0.29) is 11.6 Å². The van der Waals surface area contributed by atoms with Crippen molar-refractivity contribution >= 4 is 11.4 Å². The summed E-state index contributed by atoms with van der Waals surface area (Å²) in [7, 11) is 1.69. The molecule has 1 aliphatic rings. The number of anilines is 2. The Balaban J connectivity index is 1.77. The smallest absolute Gasteiger partial charge is 0.144 e. The van der Waals surface area contributed by atoms with Gasteiger partial charge in [-0.2, -0.15) is 0 Å². The third-order valence-corrected chi connectivity index (χ3v) is 4.44. The standard InChI is InChI=1S/C19H27N3O3/c1-13-10-17(21-25-13)14(2)20-16-7-6-15(11-18(16)23-5)22-8-9-24-19(3,4)12-22/h6-7,10-11,14,20H,8-9,12H2,1-5H3. The van der Waals surface area contributed by atoms with E-state index in [0.29, 0.717) is 0 Å². The maximum absolute atomic E-state index is 5.80. The molecule has 1 N–H and O–H groups in total. The lowest BCUT2D eigenvalue weighted by Crippen LogP contribution is -2.48. The molecule has 1 unspecified atom stereocenters. The summed E-state index contributed by atoms with van der Waals surface area (Å²) >= 11 is 0. The zero-order chi connectivity index (χ0) is 18.0. The van der Waals surface area contributed by atoms with Gasteiger partial charge in [-0.25, -0.2) is 0 Å². The lowest BCUT2D eigenvalue weighted by molar-refractivity contribution is -0.0277. The fourth-order valence-corrected chi connectivity index (χ4v) is 3.13. The quantitative estimate of drug-likeness (QED) is 0.890. The number of hydrogen-bond donors (Lipinski definition) is 1. The minimum atomic E-state index is -0.137. The van der Waals surface area contributed by atoms with E-state index in [1.807, 2.05) is 13.0 Å². The van der Waals surface area contributed by atoms with Crippen molar-refractivity contribution in [2.45, 2.75) is 39.3 Å². The molecule has 0 saturated carbocycles. The van der Waals surface area contributed by atoms with E-state index in [9.17, 15) is 0 Å². The van der Waals surface area contributed by atoms with Crippen LogP contribution < -0.4 is 15.0 Å². The summed E-state index contributed by atoms with van der Waals surface area (Å²) in [5, 5.41) is 7.52. The van der Waals surface area contributed by atoms with Gasteiger partial charge < -0.3 is 24.2 Å². The van der Waals surface area contributed by atoms with Crippen molar-refractivity contribution in [3.8, 4) is 5.75 Å². The fraction of sp³-hybridized carbons (Fsp3) is 0.526. The number of aromatic nitrogens is 1. The number of morpholine rings is 1. The van der Waals surface area contributed by atoms with Crippen LogP contribution in [0.15, 0.2) is 28.8 Å². The van der Waals surface area contributed by atoms with Gasteiger partial charge in [-0.3, -0.25) is 0 Å². The maximum Gasteiger partial charge on any atom is 0.144 e. The van der Waals surface area contributed by atoms with Gasteiger partial charge in [-0.15, -0.1) is 0 Å². The molecular formula is C19H27N3O3. The minimum Gasteiger partial charge on any atom is -0.495 e. The van der Waals surface area contributed by atoms with E-state index in [1.54, 1.807) is 7.11 Å². The summed E-state index contributed by atoms with van der Waals surface area (Å²) in [5.41, 5.74) is 2.82. The van der Waals surface area contributed by atoms with Gasteiger partial charge in [-0.1, -0.05) is 5.16 Å². The van der Waals surface area contributed by atoms with Crippen LogP contribution in [0, 0.1) is 6.92 Å². The second kappa shape index (κ2) is 6.96. The molecule has 0 bridgehead atoms. The Morgan fingerprint density at radius 3 is 2.76 bits per heavy atom. The van der Waals surface area contributed by atoms with Crippen LogP contribution in [-0.4, -0.2) is 37.6 Å². The van der Waals surface area contributed by atoms with E-state index >= 15 is 0 Å². The number of nitrogens with one attached hydrogen (secondary N) is 1. The van der Waals surface area contributed by atoms with Gasteiger partial charge in [0.05, 0.1) is 31.0 Å². The molecule has 0 aliphatic carbocycles. The van der Waals surface area contributed by atoms with Gasteiger partial charge in [0, 0.05) is 30.9 Å². The van der Waals surface area contributed by atoms with E-state index < -0.39 is 0 Å². The summed E-state index contributed by atoms with van der Waals surface area (Å²) in [6, 6.07) is 8.21. The van der Waals surface area contributed by atoms with Crippen molar-refractivity contribution < 1.29 is 14.0 Å². The summed E-state index contributed by atoms with van der Waals surface area (Å²) in [6.07, 6.45) is 0. The van der Waals surface area contributed by atoms with E-state index in [2.05, 4.69) is 54.3 Å². The molecule has 3 rings (SSSR count). The lowest BCUT2D eigenvalue weighted by Gasteiger charge is -2.39. The van der Waals surface area contributed by atoms with Crippen molar-refractivity contribution in [3.63, 3.8) is 0 Å². The predicted octanol–water partition coefficient (Wildman–Crippen LogP) is 3.78. The Hall–Kier alpha value is -2.21. The highest BCUT2D eigenvalue weighted by molar-refractivity contribution is 5.65. The molecule has 1 fully saturated rings. The normalized spacial score (nSPS) is 18.0. The zero-order valence-corrected chi connectivity index (χ0v) is 15.6. The van der Waals surface area contributed by atoms with Crippen LogP contribution in [0.1, 0.15) is 38.3 Å². The predicted molar refractivity (Wildman–Crippen MR) is 98.5 cm³/mol. The number of methoxy groups -OCH3 is 1. The zero-order valence-electron chi connectivity index (χ0n) is 15.6. The first kappa shape index (κ1) is 17.6. The number of aryl methyl sites for hydroxylation is 1. The molecule has 2 aromatic rings. The molecule has 1 atom stereocenters. The highest BCUT2D eigenvalue weighted by atomic mass is 16.5. The van der Waals surface area contributed by atoms with E-state index in [0.717, 1.165) is 48.3 Å². The third kappa shape index (κ3) is 4.07. The maximum atomic E-state index is 5.80. The van der Waals surface area contributed by atoms with Crippen molar-refractivity contribution in [2.24, 2.45) is 0 Å². The summed E-state index contributed by atoms with van der Waals surface area (Å²) in [5.74, 6) is 1.62. The Kier molecular flexibility index (Phi) is 4.90. The van der Waals surface area contributed by atoms with Crippen molar-refractivity contribution in [1.29, 1.82) is 0 Å². The fourth-order valence-electron chi connectivity index (χ4n) is 3.13. The number of rotatable bonds is 5. The number of benzene rings is 1. The van der Waals surface area contributed by atoms with Crippen molar-refractivity contribution in [2.75, 3.05) is 37.0 Å². The second-order valence-electron chi connectivity index (χ2n) is 7.14. The molecule has 0 spiro atoms. The van der Waals surface area contributed by atoms with E-state index in [1.165, 1.54) is 0 Å². The van der Waals surface area contributed by atoms with Crippen LogP contribution in [0.25, 0.3) is 0 Å². The number of ether oxygens (including phenoxy) is 2. The van der Waals surface area contributed by atoms with Crippen LogP contribution in [0.4, 0.5) is 11.4 Å². The monoisotopic (exact) mass is 345 g/mol. The molecule has 0 amide bonds. The Bertz CT molecular complexity index is 726. The summed E-state index contributed by atoms with van der Waals surface area (Å²) in [6.45, 7) is 10.7. The average Bonchev–Trinajstić information content (AvgIpc) is 3.01. The van der Waals surface area contributed by atoms with Crippen molar-refractivity contribution in [3.05, 3.63) is 35.7 Å². The lowest BCUT2D eigenvalue weighted by atomic mass is 10.1. The van der Waals surface area contributed by atoms with Crippen LogP contribution in [0.3, 0.4) is 0 Å². The molecule has 6 heteroatoms. The molecule has 136 valence electrons. The first-order chi connectivity index (χ1) is 11.9. The van der Waals surface area contributed by atoms with Crippen LogP contribution in [0.5, 0.6) is 5.75 Å². The Labute approximate surface area is 149 Å². The number of nitrogens with zero attached hydrogens (tertiary/aromatic N) is 2. The first-order valence-corrected chi connectivity index (χ1v) is 8.65. The average molecular weight is 345 g/mol. The number of hydrogen-bond acceptors (Lipinski definition) is 6. The largest absolute Gasteiger partial charge is 0.495 e. The topological polar surface area (TPSA) is 59.8 Å². The van der Waals surface area contributed by atoms with Crippen LogP contribution in [0.2, 0.25) is 0 Å². The highest BCUT2D eigenvalue weighted by Gasteiger charge is 2.27. The Morgan fingerprint density at radius 1 is 1.32 bits per heavy atom. The molecule has 6 nitrogen and oxygen atoms in total. The van der Waals surface area contributed by atoms with Gasteiger partial charge in [-0.05, 0) is 39.8 Å². The third-order valence-electron chi connectivity index (χ3n) is 4.44. The molecule has 1 aromatic carbocycles. The van der Waals surface area contributed by atoms with Gasteiger partial charge in [0.1, 0.15) is 17.2 Å². The Morgan fingerprint density at radius 2 is 2.12 bits per heavy atom. The SMILES string of the molecule is COc1cc(N2CCOC(C)(C)C2)ccc1NC(C)c1cc(C)on1. The van der Waals surface area contributed by atoms with Crippen molar-refractivity contribution in [1.82, 2.24) is 5.16 Å². The van der Waals surface area contributed by atoms with Gasteiger partial charge >= 0.3 is 0 Å².